The highest BCUT2D eigenvalue weighted by Crippen LogP contribution is 2.21. The van der Waals surface area contributed by atoms with Crippen molar-refractivity contribution in [3.05, 3.63) is 77.1 Å². The summed E-state index contributed by atoms with van der Waals surface area (Å²) in [5, 5.41) is 8.84. The molecule has 28 heavy (non-hydrogen) atoms. The van der Waals surface area contributed by atoms with Crippen LogP contribution < -0.4 is 10.1 Å². The SMILES string of the molecule is O=C(COc1ccc2ccccc2c1)NCc1nc(-c2cccc(Br)c2)no1. The Morgan fingerprint density at radius 1 is 1.04 bits per heavy atom. The van der Waals surface area contributed by atoms with E-state index in [4.69, 9.17) is 9.26 Å². The fraction of sp³-hybridized carbons (Fsp3) is 0.0952. The summed E-state index contributed by atoms with van der Waals surface area (Å²) in [6, 6.07) is 21.3. The number of nitrogens with zero attached hydrogens (tertiary/aromatic N) is 2. The molecule has 6 nitrogen and oxygen atoms in total. The first kappa shape index (κ1) is 18.2. The molecule has 4 rings (SSSR count). The molecule has 0 fully saturated rings. The van der Waals surface area contributed by atoms with Gasteiger partial charge in [-0.15, -0.1) is 0 Å². The van der Waals surface area contributed by atoms with E-state index in [0.717, 1.165) is 20.8 Å². The van der Waals surface area contributed by atoms with E-state index in [0.29, 0.717) is 17.5 Å². The smallest absolute Gasteiger partial charge is 0.258 e. The number of rotatable bonds is 6. The summed E-state index contributed by atoms with van der Waals surface area (Å²) in [5.74, 6) is 1.17. The number of benzene rings is 3. The van der Waals surface area contributed by atoms with Gasteiger partial charge >= 0.3 is 0 Å². The molecule has 0 aliphatic rings. The van der Waals surface area contributed by atoms with Gasteiger partial charge in [0.05, 0.1) is 6.54 Å². The molecular formula is C21H16BrN3O3. The van der Waals surface area contributed by atoms with Crippen molar-refractivity contribution in [3.8, 4) is 17.1 Å². The van der Waals surface area contributed by atoms with Gasteiger partial charge in [0.15, 0.2) is 6.61 Å². The summed E-state index contributed by atoms with van der Waals surface area (Å²) in [7, 11) is 0. The van der Waals surface area contributed by atoms with Crippen LogP contribution in [0.5, 0.6) is 5.75 Å². The molecule has 1 aromatic heterocycles. The Bertz CT molecular complexity index is 1130. The molecule has 3 aromatic carbocycles. The van der Waals surface area contributed by atoms with Crippen molar-refractivity contribution in [2.45, 2.75) is 6.54 Å². The number of hydrogen-bond donors (Lipinski definition) is 1. The Balaban J connectivity index is 1.31. The molecule has 1 N–H and O–H groups in total. The number of nitrogens with one attached hydrogen (secondary N) is 1. The maximum atomic E-state index is 12.0. The molecule has 0 saturated heterocycles. The molecule has 7 heteroatoms. The van der Waals surface area contributed by atoms with Crippen molar-refractivity contribution in [2.75, 3.05) is 6.61 Å². The molecule has 1 amide bonds. The second kappa shape index (κ2) is 8.22. The molecule has 0 spiro atoms. The van der Waals surface area contributed by atoms with Crippen molar-refractivity contribution in [1.82, 2.24) is 15.5 Å². The molecule has 4 aromatic rings. The van der Waals surface area contributed by atoms with Gasteiger partial charge in [-0.05, 0) is 35.0 Å². The average molecular weight is 438 g/mol. The lowest BCUT2D eigenvalue weighted by Gasteiger charge is -2.07. The van der Waals surface area contributed by atoms with Gasteiger partial charge in [0.2, 0.25) is 11.7 Å². The van der Waals surface area contributed by atoms with Crippen LogP contribution in [0.15, 0.2) is 75.7 Å². The van der Waals surface area contributed by atoms with E-state index in [2.05, 4.69) is 31.4 Å². The Kier molecular flexibility index (Phi) is 5.34. The monoisotopic (exact) mass is 437 g/mol. The highest BCUT2D eigenvalue weighted by molar-refractivity contribution is 9.10. The highest BCUT2D eigenvalue weighted by Gasteiger charge is 2.10. The van der Waals surface area contributed by atoms with Crippen molar-refractivity contribution in [3.63, 3.8) is 0 Å². The summed E-state index contributed by atoms with van der Waals surface area (Å²) in [6.07, 6.45) is 0. The van der Waals surface area contributed by atoms with Crippen LogP contribution in [0.3, 0.4) is 0 Å². The zero-order valence-electron chi connectivity index (χ0n) is 14.8. The normalized spacial score (nSPS) is 10.8. The summed E-state index contributed by atoms with van der Waals surface area (Å²) < 4.78 is 11.7. The van der Waals surface area contributed by atoms with Gasteiger partial charge in [0.1, 0.15) is 5.75 Å². The van der Waals surface area contributed by atoms with E-state index in [1.165, 1.54) is 0 Å². The van der Waals surface area contributed by atoms with Crippen molar-refractivity contribution in [1.29, 1.82) is 0 Å². The maximum Gasteiger partial charge on any atom is 0.258 e. The second-order valence-corrected chi connectivity index (χ2v) is 7.01. The van der Waals surface area contributed by atoms with Gasteiger partial charge in [-0.25, -0.2) is 0 Å². The summed E-state index contributed by atoms with van der Waals surface area (Å²) >= 11 is 3.41. The maximum absolute atomic E-state index is 12.0. The number of carbonyl (C=O) groups excluding carboxylic acids is 1. The van der Waals surface area contributed by atoms with Gasteiger partial charge in [0.25, 0.3) is 5.91 Å². The lowest BCUT2D eigenvalue weighted by Crippen LogP contribution is -2.28. The second-order valence-electron chi connectivity index (χ2n) is 6.10. The van der Waals surface area contributed by atoms with Crippen LogP contribution in [-0.4, -0.2) is 22.7 Å². The first-order chi connectivity index (χ1) is 13.7. The topological polar surface area (TPSA) is 77.2 Å². The zero-order chi connectivity index (χ0) is 19.3. The Morgan fingerprint density at radius 3 is 2.75 bits per heavy atom. The van der Waals surface area contributed by atoms with Gasteiger partial charge < -0.3 is 14.6 Å². The third kappa shape index (κ3) is 4.37. The molecule has 0 aliphatic carbocycles. The highest BCUT2D eigenvalue weighted by atomic mass is 79.9. The van der Waals surface area contributed by atoms with Crippen LogP contribution in [0.4, 0.5) is 0 Å². The first-order valence-corrected chi connectivity index (χ1v) is 9.43. The van der Waals surface area contributed by atoms with Gasteiger partial charge in [-0.1, -0.05) is 63.6 Å². The van der Waals surface area contributed by atoms with Crippen molar-refractivity contribution >= 4 is 32.6 Å². The predicted octanol–water partition coefficient (Wildman–Crippen LogP) is 4.35. The molecule has 140 valence electrons. The Labute approximate surface area is 169 Å². The Hall–Kier alpha value is -3.19. The molecule has 0 unspecified atom stereocenters. The molecule has 0 bridgehead atoms. The number of carbonyl (C=O) groups is 1. The Morgan fingerprint density at radius 2 is 1.89 bits per heavy atom. The minimum atomic E-state index is -0.268. The van der Waals surface area contributed by atoms with E-state index in [-0.39, 0.29) is 19.1 Å². The van der Waals surface area contributed by atoms with Crippen LogP contribution in [0.1, 0.15) is 5.89 Å². The zero-order valence-corrected chi connectivity index (χ0v) is 16.3. The third-order valence-corrected chi connectivity index (χ3v) is 4.57. The first-order valence-electron chi connectivity index (χ1n) is 8.64. The van der Waals surface area contributed by atoms with Gasteiger partial charge in [-0.2, -0.15) is 4.98 Å². The molecule has 0 saturated carbocycles. The molecule has 0 aliphatic heterocycles. The summed E-state index contributed by atoms with van der Waals surface area (Å²) in [4.78, 5) is 16.3. The van der Waals surface area contributed by atoms with Crippen LogP contribution >= 0.6 is 15.9 Å². The number of halogens is 1. The van der Waals surface area contributed by atoms with Crippen LogP contribution in [0.25, 0.3) is 22.2 Å². The molecule has 0 radical (unpaired) electrons. The van der Waals surface area contributed by atoms with E-state index in [1.807, 2.05) is 66.7 Å². The van der Waals surface area contributed by atoms with Crippen molar-refractivity contribution in [2.24, 2.45) is 0 Å². The quantitative estimate of drug-likeness (QED) is 0.485. The van der Waals surface area contributed by atoms with Gasteiger partial charge in [-0.3, -0.25) is 4.79 Å². The number of aromatic nitrogens is 2. The fourth-order valence-corrected chi connectivity index (χ4v) is 3.10. The van der Waals surface area contributed by atoms with Gasteiger partial charge in [0, 0.05) is 10.0 Å². The fourth-order valence-electron chi connectivity index (χ4n) is 2.70. The number of ether oxygens (including phenoxy) is 1. The predicted molar refractivity (Wildman–Crippen MR) is 109 cm³/mol. The van der Waals surface area contributed by atoms with Crippen LogP contribution in [0, 0.1) is 0 Å². The number of fused-ring (bicyclic) bond motifs is 1. The standard InChI is InChI=1S/C21H16BrN3O3/c22-17-7-3-6-16(10-17)21-24-20(28-25-21)12-23-19(26)13-27-18-9-8-14-4-1-2-5-15(14)11-18/h1-11H,12-13H2,(H,23,26). The van der Waals surface area contributed by atoms with E-state index in [1.54, 1.807) is 0 Å². The summed E-state index contributed by atoms with van der Waals surface area (Å²) in [5.41, 5.74) is 0.829. The lowest BCUT2D eigenvalue weighted by molar-refractivity contribution is -0.123. The molecule has 1 heterocycles. The van der Waals surface area contributed by atoms with E-state index in [9.17, 15) is 4.79 Å². The van der Waals surface area contributed by atoms with Crippen molar-refractivity contribution < 1.29 is 14.1 Å². The molecule has 0 atom stereocenters. The van der Waals surface area contributed by atoms with Crippen LogP contribution in [0.2, 0.25) is 0 Å². The average Bonchev–Trinajstić information content (AvgIpc) is 3.20. The lowest BCUT2D eigenvalue weighted by atomic mass is 10.1. The largest absolute Gasteiger partial charge is 0.484 e. The third-order valence-electron chi connectivity index (χ3n) is 4.08. The number of hydrogen-bond acceptors (Lipinski definition) is 5. The van der Waals surface area contributed by atoms with Crippen LogP contribution in [-0.2, 0) is 11.3 Å². The molecular weight excluding hydrogens is 422 g/mol. The van der Waals surface area contributed by atoms with E-state index >= 15 is 0 Å². The van der Waals surface area contributed by atoms with E-state index < -0.39 is 0 Å². The minimum absolute atomic E-state index is 0.0923. The summed E-state index contributed by atoms with van der Waals surface area (Å²) in [6.45, 7) is 0.0475. The minimum Gasteiger partial charge on any atom is -0.484 e. The number of amides is 1.